The van der Waals surface area contributed by atoms with Crippen molar-refractivity contribution < 1.29 is 14.6 Å². The second-order valence-corrected chi connectivity index (χ2v) is 5.16. The van der Waals surface area contributed by atoms with Gasteiger partial charge in [0.2, 0.25) is 0 Å². The maximum absolute atomic E-state index is 12.2. The zero-order valence-corrected chi connectivity index (χ0v) is 11.6. The highest BCUT2D eigenvalue weighted by Gasteiger charge is 2.29. The lowest BCUT2D eigenvalue weighted by molar-refractivity contribution is 0.0423. The van der Waals surface area contributed by atoms with Gasteiger partial charge in [0.05, 0.1) is 0 Å². The molecular formula is C16H19NO3. The fraction of sp³-hybridized carbons (Fsp3) is 0.438. The third-order valence-electron chi connectivity index (χ3n) is 3.47. The van der Waals surface area contributed by atoms with Crippen LogP contribution in [0.2, 0.25) is 0 Å². The van der Waals surface area contributed by atoms with Crippen LogP contribution in [0.15, 0.2) is 24.3 Å². The van der Waals surface area contributed by atoms with Crippen LogP contribution in [0.3, 0.4) is 0 Å². The third-order valence-corrected chi connectivity index (χ3v) is 3.47. The first-order valence-electron chi connectivity index (χ1n) is 6.73. The zero-order valence-electron chi connectivity index (χ0n) is 11.6. The topological polar surface area (TPSA) is 58.6 Å². The van der Waals surface area contributed by atoms with Crippen molar-refractivity contribution in [3.63, 3.8) is 0 Å². The first kappa shape index (κ1) is 14.6. The summed E-state index contributed by atoms with van der Waals surface area (Å²) in [5.41, 5.74) is 1.21. The SMILES string of the molecule is CC1(NC(=O)c2ccc(C#CCO)cc2)CCOCC1. The minimum Gasteiger partial charge on any atom is -0.384 e. The lowest BCUT2D eigenvalue weighted by atomic mass is 9.92. The highest BCUT2D eigenvalue weighted by atomic mass is 16.5. The van der Waals surface area contributed by atoms with Gasteiger partial charge in [0.1, 0.15) is 6.61 Å². The number of carbonyl (C=O) groups is 1. The number of rotatable bonds is 2. The van der Waals surface area contributed by atoms with Crippen molar-refractivity contribution in [3.8, 4) is 11.8 Å². The van der Waals surface area contributed by atoms with Gasteiger partial charge < -0.3 is 15.2 Å². The molecule has 0 saturated carbocycles. The standard InChI is InChI=1S/C16H19NO3/c1-16(8-11-20-12-9-16)17-15(19)14-6-4-13(5-7-14)3-2-10-18/h4-7,18H,8-12H2,1H3,(H,17,19). The number of hydrogen-bond acceptors (Lipinski definition) is 3. The summed E-state index contributed by atoms with van der Waals surface area (Å²) in [5, 5.41) is 11.7. The molecule has 0 radical (unpaired) electrons. The fourth-order valence-corrected chi connectivity index (χ4v) is 2.14. The van der Waals surface area contributed by atoms with Crippen molar-refractivity contribution in [1.82, 2.24) is 5.32 Å². The Kier molecular flexibility index (Phi) is 4.78. The Morgan fingerprint density at radius 3 is 2.60 bits per heavy atom. The predicted molar refractivity (Wildman–Crippen MR) is 76.3 cm³/mol. The number of benzene rings is 1. The summed E-state index contributed by atoms with van der Waals surface area (Å²) >= 11 is 0. The van der Waals surface area contributed by atoms with Gasteiger partial charge in [0, 0.05) is 29.9 Å². The number of aliphatic hydroxyl groups excluding tert-OH is 1. The number of ether oxygens (including phenoxy) is 1. The quantitative estimate of drug-likeness (QED) is 0.799. The maximum atomic E-state index is 12.2. The molecule has 0 spiro atoms. The second kappa shape index (κ2) is 6.56. The Bertz CT molecular complexity index is 519. The monoisotopic (exact) mass is 273 g/mol. The van der Waals surface area contributed by atoms with Crippen LogP contribution in [-0.2, 0) is 4.74 Å². The van der Waals surface area contributed by atoms with Gasteiger partial charge in [-0.15, -0.1) is 0 Å². The van der Waals surface area contributed by atoms with Crippen LogP contribution < -0.4 is 5.32 Å². The first-order chi connectivity index (χ1) is 9.63. The molecule has 4 nitrogen and oxygen atoms in total. The van der Waals surface area contributed by atoms with E-state index in [0.29, 0.717) is 18.8 Å². The molecule has 1 aromatic carbocycles. The number of aliphatic hydroxyl groups is 1. The number of hydrogen-bond donors (Lipinski definition) is 2. The molecule has 20 heavy (non-hydrogen) atoms. The van der Waals surface area contributed by atoms with E-state index in [0.717, 1.165) is 18.4 Å². The van der Waals surface area contributed by atoms with Crippen LogP contribution in [0.4, 0.5) is 0 Å². The van der Waals surface area contributed by atoms with Gasteiger partial charge in [-0.1, -0.05) is 11.8 Å². The highest BCUT2D eigenvalue weighted by molar-refractivity contribution is 5.94. The average molecular weight is 273 g/mol. The van der Waals surface area contributed by atoms with E-state index >= 15 is 0 Å². The fourth-order valence-electron chi connectivity index (χ4n) is 2.14. The summed E-state index contributed by atoms with van der Waals surface area (Å²) < 4.78 is 5.32. The van der Waals surface area contributed by atoms with Crippen molar-refractivity contribution in [2.24, 2.45) is 0 Å². The summed E-state index contributed by atoms with van der Waals surface area (Å²) in [5.74, 6) is 5.30. The van der Waals surface area contributed by atoms with Gasteiger partial charge >= 0.3 is 0 Å². The van der Waals surface area contributed by atoms with E-state index < -0.39 is 0 Å². The van der Waals surface area contributed by atoms with Crippen LogP contribution in [0.1, 0.15) is 35.7 Å². The van der Waals surface area contributed by atoms with Crippen molar-refractivity contribution in [3.05, 3.63) is 35.4 Å². The Labute approximate surface area is 119 Å². The van der Waals surface area contributed by atoms with Gasteiger partial charge in [0.25, 0.3) is 5.91 Å². The van der Waals surface area contributed by atoms with Gasteiger partial charge in [0.15, 0.2) is 0 Å². The van der Waals surface area contributed by atoms with Gasteiger partial charge in [-0.2, -0.15) is 0 Å². The summed E-state index contributed by atoms with van der Waals surface area (Å²) in [4.78, 5) is 12.2. The Morgan fingerprint density at radius 2 is 2.00 bits per heavy atom. The van der Waals surface area contributed by atoms with Crippen LogP contribution >= 0.6 is 0 Å². The molecule has 0 unspecified atom stereocenters. The average Bonchev–Trinajstić information content (AvgIpc) is 2.46. The Morgan fingerprint density at radius 1 is 1.35 bits per heavy atom. The summed E-state index contributed by atoms with van der Waals surface area (Å²) in [6.45, 7) is 3.26. The zero-order chi connectivity index (χ0) is 14.4. The molecule has 1 heterocycles. The lowest BCUT2D eigenvalue weighted by Gasteiger charge is -2.34. The molecule has 1 amide bonds. The van der Waals surface area contributed by atoms with E-state index in [1.54, 1.807) is 24.3 Å². The van der Waals surface area contributed by atoms with Gasteiger partial charge in [-0.05, 0) is 44.0 Å². The molecule has 2 rings (SSSR count). The van der Waals surface area contributed by atoms with E-state index in [2.05, 4.69) is 24.1 Å². The number of nitrogens with one attached hydrogen (secondary N) is 1. The van der Waals surface area contributed by atoms with Crippen molar-refractivity contribution >= 4 is 5.91 Å². The largest absolute Gasteiger partial charge is 0.384 e. The molecule has 1 aliphatic heterocycles. The third kappa shape index (κ3) is 3.83. The molecule has 106 valence electrons. The van der Waals surface area contributed by atoms with Gasteiger partial charge in [-0.25, -0.2) is 0 Å². The minimum absolute atomic E-state index is 0.0731. The smallest absolute Gasteiger partial charge is 0.251 e. The van der Waals surface area contributed by atoms with E-state index in [-0.39, 0.29) is 18.1 Å². The second-order valence-electron chi connectivity index (χ2n) is 5.16. The molecule has 1 aromatic rings. The normalized spacial score (nSPS) is 16.9. The summed E-state index contributed by atoms with van der Waals surface area (Å²) in [6, 6.07) is 7.06. The molecule has 4 heteroatoms. The van der Waals surface area contributed by atoms with Crippen molar-refractivity contribution in [1.29, 1.82) is 0 Å². The summed E-state index contributed by atoms with van der Waals surface area (Å²) in [6.07, 6.45) is 1.66. The van der Waals surface area contributed by atoms with E-state index in [9.17, 15) is 4.79 Å². The molecular weight excluding hydrogens is 254 g/mol. The van der Waals surface area contributed by atoms with Crippen molar-refractivity contribution in [2.45, 2.75) is 25.3 Å². The first-order valence-corrected chi connectivity index (χ1v) is 6.73. The predicted octanol–water partition coefficient (Wildman–Crippen LogP) is 1.33. The van der Waals surface area contributed by atoms with Crippen LogP contribution in [0, 0.1) is 11.8 Å². The van der Waals surface area contributed by atoms with Crippen LogP contribution in [0.5, 0.6) is 0 Å². The van der Waals surface area contributed by atoms with E-state index in [1.807, 2.05) is 0 Å². The Balaban J connectivity index is 2.02. The number of amides is 1. The molecule has 1 fully saturated rings. The molecule has 0 atom stereocenters. The Hall–Kier alpha value is -1.83. The molecule has 0 bridgehead atoms. The van der Waals surface area contributed by atoms with Crippen LogP contribution in [-0.4, -0.2) is 36.4 Å². The van der Waals surface area contributed by atoms with Crippen LogP contribution in [0.25, 0.3) is 0 Å². The molecule has 0 aromatic heterocycles. The molecule has 1 saturated heterocycles. The minimum atomic E-state index is -0.190. The number of carbonyl (C=O) groups excluding carboxylic acids is 1. The van der Waals surface area contributed by atoms with Crippen molar-refractivity contribution in [2.75, 3.05) is 19.8 Å². The van der Waals surface area contributed by atoms with E-state index in [4.69, 9.17) is 9.84 Å². The van der Waals surface area contributed by atoms with Gasteiger partial charge in [-0.3, -0.25) is 4.79 Å². The van der Waals surface area contributed by atoms with E-state index in [1.165, 1.54) is 0 Å². The lowest BCUT2D eigenvalue weighted by Crippen LogP contribution is -2.49. The summed E-state index contributed by atoms with van der Waals surface area (Å²) in [7, 11) is 0. The highest BCUT2D eigenvalue weighted by Crippen LogP contribution is 2.20. The maximum Gasteiger partial charge on any atom is 0.251 e. The molecule has 0 aliphatic carbocycles. The molecule has 2 N–H and O–H groups in total. The molecule has 1 aliphatic rings.